The Labute approximate surface area is 178 Å². The van der Waals surface area contributed by atoms with E-state index in [4.69, 9.17) is 5.73 Å². The number of fused-ring (bicyclic) bond motifs is 1. The molecule has 0 spiro atoms. The van der Waals surface area contributed by atoms with Gasteiger partial charge in [-0.15, -0.1) is 0 Å². The van der Waals surface area contributed by atoms with Gasteiger partial charge in [0.2, 0.25) is 11.4 Å². The van der Waals surface area contributed by atoms with Crippen molar-refractivity contribution < 1.29 is 24.3 Å². The summed E-state index contributed by atoms with van der Waals surface area (Å²) in [6.45, 7) is -0.148. The van der Waals surface area contributed by atoms with E-state index >= 15 is 0 Å². The molecule has 0 aliphatic carbocycles. The molecule has 2 aliphatic heterocycles. The van der Waals surface area contributed by atoms with Crippen molar-refractivity contribution in [1.82, 2.24) is 14.8 Å². The van der Waals surface area contributed by atoms with Gasteiger partial charge in [0.1, 0.15) is 11.4 Å². The molecule has 9 nitrogen and oxygen atoms in total. The molecule has 3 amide bonds. The number of carbonyl (C=O) groups excluding carboxylic acids is 4. The van der Waals surface area contributed by atoms with Crippen LogP contribution >= 0.6 is 0 Å². The Kier molecular flexibility index (Phi) is 5.18. The highest BCUT2D eigenvalue weighted by Crippen LogP contribution is 2.40. The first-order valence-electron chi connectivity index (χ1n) is 9.99. The lowest BCUT2D eigenvalue weighted by Crippen LogP contribution is -2.64. The Bertz CT molecular complexity index is 1040. The van der Waals surface area contributed by atoms with Gasteiger partial charge in [0.05, 0.1) is 12.6 Å². The number of aryl methyl sites for hydroxylation is 1. The molecule has 2 saturated heterocycles. The predicted octanol–water partition coefficient (Wildman–Crippen LogP) is 0.270. The number of ketones is 1. The van der Waals surface area contributed by atoms with Gasteiger partial charge in [0.15, 0.2) is 5.78 Å². The first-order valence-corrected chi connectivity index (χ1v) is 9.99. The average Bonchev–Trinajstić information content (AvgIpc) is 3.30. The maximum Gasteiger partial charge on any atom is 0.273 e. The number of pyridine rings is 1. The minimum atomic E-state index is -1.85. The van der Waals surface area contributed by atoms with Crippen LogP contribution in [0.3, 0.4) is 0 Å². The zero-order valence-electron chi connectivity index (χ0n) is 16.7. The molecule has 0 radical (unpaired) electrons. The van der Waals surface area contributed by atoms with Gasteiger partial charge in [0.25, 0.3) is 11.8 Å². The number of carbonyl (C=O) groups is 4. The molecule has 0 saturated carbocycles. The molecule has 160 valence electrons. The van der Waals surface area contributed by atoms with Gasteiger partial charge in [0, 0.05) is 19.2 Å². The second-order valence-corrected chi connectivity index (χ2v) is 7.72. The zero-order chi connectivity index (χ0) is 22.2. The lowest BCUT2D eigenvalue weighted by molar-refractivity contribution is -0.149. The maximum absolute atomic E-state index is 13.1. The van der Waals surface area contributed by atoms with E-state index in [1.165, 1.54) is 34.2 Å². The van der Waals surface area contributed by atoms with Gasteiger partial charge >= 0.3 is 0 Å². The predicted molar refractivity (Wildman–Crippen MR) is 109 cm³/mol. The van der Waals surface area contributed by atoms with Crippen molar-refractivity contribution in [3.8, 4) is 5.75 Å². The third kappa shape index (κ3) is 3.31. The second-order valence-electron chi connectivity index (χ2n) is 7.72. The van der Waals surface area contributed by atoms with E-state index in [-0.39, 0.29) is 43.3 Å². The Balaban J connectivity index is 1.57. The first-order chi connectivity index (χ1) is 14.9. The number of phenols is 1. The summed E-state index contributed by atoms with van der Waals surface area (Å²) >= 11 is 0. The summed E-state index contributed by atoms with van der Waals surface area (Å²) in [5.74, 6) is -2.20. The van der Waals surface area contributed by atoms with Gasteiger partial charge in [-0.1, -0.05) is 18.2 Å². The van der Waals surface area contributed by atoms with Crippen LogP contribution in [-0.2, 0) is 20.8 Å². The summed E-state index contributed by atoms with van der Waals surface area (Å²) in [7, 11) is 0. The molecule has 2 atom stereocenters. The third-order valence-corrected chi connectivity index (χ3v) is 6.03. The minimum Gasteiger partial charge on any atom is -0.508 e. The summed E-state index contributed by atoms with van der Waals surface area (Å²) < 4.78 is 0. The minimum absolute atomic E-state index is 0.0635. The van der Waals surface area contributed by atoms with E-state index in [1.807, 2.05) is 0 Å². The molecule has 4 rings (SSSR count). The highest BCUT2D eigenvalue weighted by atomic mass is 16.3. The summed E-state index contributed by atoms with van der Waals surface area (Å²) in [4.78, 5) is 58.2. The van der Waals surface area contributed by atoms with E-state index in [1.54, 1.807) is 24.3 Å². The fourth-order valence-electron chi connectivity index (χ4n) is 4.57. The van der Waals surface area contributed by atoms with Crippen LogP contribution in [-0.4, -0.2) is 68.1 Å². The molecule has 31 heavy (non-hydrogen) atoms. The summed E-state index contributed by atoms with van der Waals surface area (Å²) in [6, 6.07) is 10.5. The summed E-state index contributed by atoms with van der Waals surface area (Å²) in [6.07, 6.45) is 2.19. The van der Waals surface area contributed by atoms with Crippen molar-refractivity contribution in [2.75, 3.05) is 13.1 Å². The number of phenolic OH excluding ortho intramolecular Hbond substituents is 1. The molecule has 2 aromatic rings. The van der Waals surface area contributed by atoms with Crippen LogP contribution in [0.4, 0.5) is 0 Å². The van der Waals surface area contributed by atoms with Gasteiger partial charge in [-0.3, -0.25) is 24.2 Å². The van der Waals surface area contributed by atoms with Gasteiger partial charge in [-0.2, -0.15) is 0 Å². The number of Topliss-reactive ketones (excluding diaryl/α,β-unsaturated/α-hetero) is 1. The van der Waals surface area contributed by atoms with Crippen molar-refractivity contribution in [2.24, 2.45) is 5.73 Å². The Morgan fingerprint density at radius 3 is 2.55 bits per heavy atom. The van der Waals surface area contributed by atoms with Gasteiger partial charge in [-0.25, -0.2) is 0 Å². The average molecular weight is 422 g/mol. The van der Waals surface area contributed by atoms with Crippen molar-refractivity contribution in [3.05, 3.63) is 59.9 Å². The molecule has 9 heteroatoms. The number of nitrogens with zero attached hydrogens (tertiary/aromatic N) is 3. The number of hydrogen-bond acceptors (Lipinski definition) is 6. The number of aromatic nitrogens is 1. The molecule has 3 heterocycles. The van der Waals surface area contributed by atoms with E-state index in [9.17, 15) is 24.3 Å². The number of hydrogen-bond donors (Lipinski definition) is 2. The van der Waals surface area contributed by atoms with E-state index < -0.39 is 29.2 Å². The molecular formula is C22H22N4O5. The standard InChI is InChI=1S/C22H22N4O5/c23-21(31)22-17(25(13-18(22)28)20(30)16-3-1-2-11-24-16)10-12-26(22)19(29)9-6-14-4-7-15(27)8-5-14/h1-5,7-8,11,17,27H,6,9-10,12-13H2,(H2,23,31). The van der Waals surface area contributed by atoms with Crippen LogP contribution in [0, 0.1) is 0 Å². The molecular weight excluding hydrogens is 400 g/mol. The third-order valence-electron chi connectivity index (χ3n) is 6.03. The monoisotopic (exact) mass is 422 g/mol. The zero-order valence-corrected chi connectivity index (χ0v) is 16.7. The number of primary amides is 1. The van der Waals surface area contributed by atoms with Crippen LogP contribution in [0.15, 0.2) is 48.7 Å². The molecule has 3 N–H and O–H groups in total. The van der Waals surface area contributed by atoms with E-state index in [2.05, 4.69) is 4.98 Å². The van der Waals surface area contributed by atoms with Crippen LogP contribution in [0.1, 0.15) is 28.9 Å². The molecule has 2 aliphatic rings. The smallest absolute Gasteiger partial charge is 0.273 e. The largest absolute Gasteiger partial charge is 0.508 e. The van der Waals surface area contributed by atoms with Crippen molar-refractivity contribution >= 4 is 23.5 Å². The number of aromatic hydroxyl groups is 1. The lowest BCUT2D eigenvalue weighted by Gasteiger charge is -2.34. The lowest BCUT2D eigenvalue weighted by atomic mass is 9.88. The summed E-state index contributed by atoms with van der Waals surface area (Å²) in [5.41, 5.74) is 4.82. The van der Waals surface area contributed by atoms with Crippen molar-refractivity contribution in [3.63, 3.8) is 0 Å². The number of rotatable bonds is 5. The quantitative estimate of drug-likeness (QED) is 0.665. The highest BCUT2D eigenvalue weighted by Gasteiger charge is 2.67. The van der Waals surface area contributed by atoms with Crippen LogP contribution < -0.4 is 5.73 Å². The Morgan fingerprint density at radius 1 is 1.16 bits per heavy atom. The van der Waals surface area contributed by atoms with Gasteiger partial charge < -0.3 is 20.6 Å². The van der Waals surface area contributed by atoms with Crippen LogP contribution in [0.5, 0.6) is 5.75 Å². The molecule has 1 aromatic heterocycles. The van der Waals surface area contributed by atoms with Crippen LogP contribution in [0.25, 0.3) is 0 Å². The first kappa shape index (κ1) is 20.5. The highest BCUT2D eigenvalue weighted by molar-refractivity contribution is 6.18. The fraction of sp³-hybridized carbons (Fsp3) is 0.318. The topological polar surface area (TPSA) is 134 Å². The SMILES string of the molecule is NC(=O)C12C(=O)CN(C(=O)c3ccccn3)C1CCN2C(=O)CCc1ccc(O)cc1. The number of amides is 3. The second kappa shape index (κ2) is 7.82. The van der Waals surface area contributed by atoms with Crippen molar-refractivity contribution in [2.45, 2.75) is 30.8 Å². The molecule has 1 aromatic carbocycles. The molecule has 2 fully saturated rings. The Morgan fingerprint density at radius 2 is 1.90 bits per heavy atom. The number of benzene rings is 1. The molecule has 0 bridgehead atoms. The van der Waals surface area contributed by atoms with Gasteiger partial charge in [-0.05, 0) is 42.7 Å². The normalized spacial score (nSPS) is 22.5. The Hall–Kier alpha value is -3.75. The van der Waals surface area contributed by atoms with Crippen molar-refractivity contribution in [1.29, 1.82) is 0 Å². The molecule has 2 unspecified atom stereocenters. The maximum atomic E-state index is 13.1. The van der Waals surface area contributed by atoms with E-state index in [0.29, 0.717) is 6.42 Å². The number of nitrogens with two attached hydrogens (primary N) is 1. The van der Waals surface area contributed by atoms with Crippen LogP contribution in [0.2, 0.25) is 0 Å². The fourth-order valence-corrected chi connectivity index (χ4v) is 4.57. The summed E-state index contributed by atoms with van der Waals surface area (Å²) in [5, 5.41) is 9.38. The van der Waals surface area contributed by atoms with E-state index in [0.717, 1.165) is 5.56 Å². The number of likely N-dealkylation sites (tertiary alicyclic amines) is 2.